The number of hydrogen-bond acceptors (Lipinski definition) is 3. The monoisotopic (exact) mass is 294 g/mol. The van der Waals surface area contributed by atoms with Gasteiger partial charge in [0.2, 0.25) is 0 Å². The van der Waals surface area contributed by atoms with Gasteiger partial charge in [0.15, 0.2) is 0 Å². The molecule has 1 aromatic carbocycles. The standard InChI is InChI=1S/C14H15ClN2OS/c1-7-4-8(7)6-17-14(18)13-12(16)10-5-9(15)2-3-11(10)19-13/h2-3,5,7-8H,4,6,16H2,1H3,(H,17,18). The summed E-state index contributed by atoms with van der Waals surface area (Å²) >= 11 is 7.37. The van der Waals surface area contributed by atoms with Gasteiger partial charge in [-0.1, -0.05) is 18.5 Å². The van der Waals surface area contributed by atoms with Crippen molar-refractivity contribution in [2.24, 2.45) is 11.8 Å². The van der Waals surface area contributed by atoms with E-state index in [0.717, 1.165) is 22.5 Å². The number of anilines is 1. The highest BCUT2D eigenvalue weighted by Crippen LogP contribution is 2.38. The molecule has 1 saturated carbocycles. The molecule has 3 N–H and O–H groups in total. The maximum absolute atomic E-state index is 12.1. The number of hydrogen-bond donors (Lipinski definition) is 2. The van der Waals surface area contributed by atoms with Crippen LogP contribution in [0.4, 0.5) is 5.69 Å². The molecule has 0 saturated heterocycles. The van der Waals surface area contributed by atoms with E-state index < -0.39 is 0 Å². The number of amides is 1. The van der Waals surface area contributed by atoms with Crippen LogP contribution in [0.5, 0.6) is 0 Å². The number of rotatable bonds is 3. The number of benzene rings is 1. The Morgan fingerprint density at radius 1 is 1.58 bits per heavy atom. The molecule has 100 valence electrons. The fourth-order valence-corrected chi connectivity index (χ4v) is 3.44. The lowest BCUT2D eigenvalue weighted by Crippen LogP contribution is -2.25. The van der Waals surface area contributed by atoms with Crippen molar-refractivity contribution in [2.75, 3.05) is 12.3 Å². The molecule has 0 spiro atoms. The van der Waals surface area contributed by atoms with Gasteiger partial charge in [-0.3, -0.25) is 4.79 Å². The van der Waals surface area contributed by atoms with Crippen molar-refractivity contribution in [2.45, 2.75) is 13.3 Å². The molecule has 0 radical (unpaired) electrons. The van der Waals surface area contributed by atoms with Gasteiger partial charge in [-0.25, -0.2) is 0 Å². The van der Waals surface area contributed by atoms with Gasteiger partial charge >= 0.3 is 0 Å². The molecule has 1 aromatic heterocycles. The van der Waals surface area contributed by atoms with E-state index in [2.05, 4.69) is 12.2 Å². The zero-order valence-electron chi connectivity index (χ0n) is 10.6. The van der Waals surface area contributed by atoms with Crippen LogP contribution in [0.25, 0.3) is 10.1 Å². The van der Waals surface area contributed by atoms with Gasteiger partial charge < -0.3 is 11.1 Å². The van der Waals surface area contributed by atoms with Crippen LogP contribution in [0.2, 0.25) is 5.02 Å². The first kappa shape index (κ1) is 12.8. The van der Waals surface area contributed by atoms with Crippen LogP contribution < -0.4 is 11.1 Å². The Bertz CT molecular complexity index is 652. The molecule has 1 heterocycles. The summed E-state index contributed by atoms with van der Waals surface area (Å²) in [5, 5.41) is 4.46. The molecule has 1 fully saturated rings. The Kier molecular flexibility index (Phi) is 3.15. The number of fused-ring (bicyclic) bond motifs is 1. The van der Waals surface area contributed by atoms with Crippen LogP contribution in [0.1, 0.15) is 23.0 Å². The smallest absolute Gasteiger partial charge is 0.263 e. The molecule has 2 unspecified atom stereocenters. The normalized spacial score (nSPS) is 21.6. The molecule has 1 amide bonds. The summed E-state index contributed by atoms with van der Waals surface area (Å²) in [6, 6.07) is 5.52. The summed E-state index contributed by atoms with van der Waals surface area (Å²) in [7, 11) is 0. The largest absolute Gasteiger partial charge is 0.397 e. The van der Waals surface area contributed by atoms with Crippen LogP contribution in [-0.2, 0) is 0 Å². The van der Waals surface area contributed by atoms with Crippen molar-refractivity contribution in [3.63, 3.8) is 0 Å². The highest BCUT2D eigenvalue weighted by atomic mass is 35.5. The fourth-order valence-electron chi connectivity index (χ4n) is 2.25. The lowest BCUT2D eigenvalue weighted by molar-refractivity contribution is 0.0956. The van der Waals surface area contributed by atoms with Crippen molar-refractivity contribution in [1.29, 1.82) is 0 Å². The van der Waals surface area contributed by atoms with Crippen LogP contribution in [0, 0.1) is 11.8 Å². The molecule has 2 atom stereocenters. The van der Waals surface area contributed by atoms with Gasteiger partial charge in [0.25, 0.3) is 5.91 Å². The third kappa shape index (κ3) is 2.42. The first-order chi connectivity index (χ1) is 9.06. The average molecular weight is 295 g/mol. The zero-order chi connectivity index (χ0) is 13.6. The summed E-state index contributed by atoms with van der Waals surface area (Å²) in [6.07, 6.45) is 1.21. The lowest BCUT2D eigenvalue weighted by Gasteiger charge is -2.03. The predicted molar refractivity (Wildman–Crippen MR) is 80.9 cm³/mol. The molecule has 19 heavy (non-hydrogen) atoms. The highest BCUT2D eigenvalue weighted by Gasteiger charge is 2.32. The number of carbonyl (C=O) groups excluding carboxylic acids is 1. The summed E-state index contributed by atoms with van der Waals surface area (Å²) < 4.78 is 0.992. The highest BCUT2D eigenvalue weighted by molar-refractivity contribution is 7.21. The molecule has 5 heteroatoms. The Labute approximate surface area is 120 Å². The maximum Gasteiger partial charge on any atom is 0.263 e. The lowest BCUT2D eigenvalue weighted by atomic mass is 10.2. The van der Waals surface area contributed by atoms with Gasteiger partial charge in [-0.05, 0) is 36.5 Å². The van der Waals surface area contributed by atoms with E-state index in [1.807, 2.05) is 18.2 Å². The second-order valence-electron chi connectivity index (χ2n) is 5.17. The summed E-state index contributed by atoms with van der Waals surface area (Å²) in [5.74, 6) is 1.29. The Morgan fingerprint density at radius 2 is 2.32 bits per heavy atom. The first-order valence-electron chi connectivity index (χ1n) is 6.32. The molecule has 3 nitrogen and oxygen atoms in total. The molecular formula is C14H15ClN2OS. The third-order valence-corrected chi connectivity index (χ3v) is 5.12. The maximum atomic E-state index is 12.1. The molecule has 1 aliphatic rings. The van der Waals surface area contributed by atoms with E-state index in [-0.39, 0.29) is 5.91 Å². The van der Waals surface area contributed by atoms with E-state index in [1.54, 1.807) is 0 Å². The van der Waals surface area contributed by atoms with Crippen molar-refractivity contribution >= 4 is 44.6 Å². The van der Waals surface area contributed by atoms with E-state index in [9.17, 15) is 4.79 Å². The molecule has 1 aliphatic carbocycles. The van der Waals surface area contributed by atoms with E-state index in [4.69, 9.17) is 17.3 Å². The number of nitrogen functional groups attached to an aromatic ring is 1. The minimum absolute atomic E-state index is 0.0751. The SMILES string of the molecule is CC1CC1CNC(=O)c1sc2ccc(Cl)cc2c1N. The van der Waals surface area contributed by atoms with Gasteiger partial charge in [0.1, 0.15) is 4.88 Å². The summed E-state index contributed by atoms with van der Waals surface area (Å²) in [4.78, 5) is 12.7. The van der Waals surface area contributed by atoms with Crippen LogP contribution in [0.3, 0.4) is 0 Å². The fraction of sp³-hybridized carbons (Fsp3) is 0.357. The second-order valence-corrected chi connectivity index (χ2v) is 6.66. The number of carbonyl (C=O) groups is 1. The van der Waals surface area contributed by atoms with Gasteiger partial charge in [0.05, 0.1) is 5.69 Å². The Balaban J connectivity index is 1.83. The molecule has 3 rings (SSSR count). The molecule has 2 aromatic rings. The van der Waals surface area contributed by atoms with Gasteiger partial charge in [-0.15, -0.1) is 11.3 Å². The third-order valence-electron chi connectivity index (χ3n) is 3.70. The van der Waals surface area contributed by atoms with Crippen molar-refractivity contribution < 1.29 is 4.79 Å². The quantitative estimate of drug-likeness (QED) is 0.910. The van der Waals surface area contributed by atoms with Gasteiger partial charge in [0, 0.05) is 21.7 Å². The Morgan fingerprint density at radius 3 is 3.00 bits per heavy atom. The van der Waals surface area contributed by atoms with Crippen LogP contribution in [-0.4, -0.2) is 12.5 Å². The number of nitrogens with two attached hydrogens (primary N) is 1. The minimum Gasteiger partial charge on any atom is -0.397 e. The average Bonchev–Trinajstić information content (AvgIpc) is 3.00. The van der Waals surface area contributed by atoms with E-state index in [1.165, 1.54) is 17.8 Å². The predicted octanol–water partition coefficient (Wildman–Crippen LogP) is 3.52. The van der Waals surface area contributed by atoms with E-state index in [0.29, 0.717) is 21.5 Å². The topological polar surface area (TPSA) is 55.1 Å². The first-order valence-corrected chi connectivity index (χ1v) is 7.51. The second kappa shape index (κ2) is 4.69. The molecule has 0 bridgehead atoms. The van der Waals surface area contributed by atoms with Crippen molar-refractivity contribution in [3.05, 3.63) is 28.1 Å². The molecule has 0 aliphatic heterocycles. The van der Waals surface area contributed by atoms with Crippen molar-refractivity contribution in [3.8, 4) is 0 Å². The molecular weight excluding hydrogens is 280 g/mol. The minimum atomic E-state index is -0.0751. The summed E-state index contributed by atoms with van der Waals surface area (Å²) in [5.41, 5.74) is 6.58. The van der Waals surface area contributed by atoms with Crippen LogP contribution >= 0.6 is 22.9 Å². The summed E-state index contributed by atoms with van der Waals surface area (Å²) in [6.45, 7) is 2.95. The zero-order valence-corrected chi connectivity index (χ0v) is 12.1. The Hall–Kier alpha value is -1.26. The van der Waals surface area contributed by atoms with Gasteiger partial charge in [-0.2, -0.15) is 0 Å². The number of nitrogens with one attached hydrogen (secondary N) is 1. The van der Waals surface area contributed by atoms with E-state index >= 15 is 0 Å². The number of thiophene rings is 1. The van der Waals surface area contributed by atoms with Crippen LogP contribution in [0.15, 0.2) is 18.2 Å². The van der Waals surface area contributed by atoms with Crippen molar-refractivity contribution in [1.82, 2.24) is 5.32 Å². The number of halogens is 1.